The van der Waals surface area contributed by atoms with Crippen LogP contribution in [0.25, 0.3) is 0 Å². The van der Waals surface area contributed by atoms with E-state index in [1.54, 1.807) is 0 Å². The lowest BCUT2D eigenvalue weighted by Crippen LogP contribution is -2.02. The lowest BCUT2D eigenvalue weighted by atomic mass is 10.0. The fraction of sp³-hybridized carbons (Fsp3) is 0.941. The standard InChI is InChI=1S/C17H35NO/c1-2-3-4-5-6-7-8-9-10-11-14-17(19)15-12-13-16-18/h2-16,18H2,1H3. The van der Waals surface area contributed by atoms with E-state index >= 15 is 0 Å². The van der Waals surface area contributed by atoms with Crippen LogP contribution in [0.2, 0.25) is 0 Å². The molecule has 0 aliphatic heterocycles. The van der Waals surface area contributed by atoms with Crippen LogP contribution in [0.15, 0.2) is 0 Å². The average molecular weight is 269 g/mol. The Morgan fingerprint density at radius 3 is 1.58 bits per heavy atom. The number of rotatable bonds is 15. The second kappa shape index (κ2) is 15.7. The van der Waals surface area contributed by atoms with E-state index in [4.69, 9.17) is 5.73 Å². The average Bonchev–Trinajstić information content (AvgIpc) is 2.41. The van der Waals surface area contributed by atoms with Crippen molar-refractivity contribution in [3.63, 3.8) is 0 Å². The lowest BCUT2D eigenvalue weighted by Gasteiger charge is -2.02. The Hall–Kier alpha value is -0.370. The molecule has 114 valence electrons. The van der Waals surface area contributed by atoms with E-state index in [1.807, 2.05) is 0 Å². The minimum absolute atomic E-state index is 0.438. The molecule has 0 bridgehead atoms. The van der Waals surface area contributed by atoms with Gasteiger partial charge in [-0.15, -0.1) is 0 Å². The maximum atomic E-state index is 11.5. The predicted molar refractivity (Wildman–Crippen MR) is 84.4 cm³/mol. The van der Waals surface area contributed by atoms with Gasteiger partial charge in [-0.1, -0.05) is 64.7 Å². The number of carbonyl (C=O) groups excluding carboxylic acids is 1. The van der Waals surface area contributed by atoms with E-state index in [0.717, 1.165) is 32.1 Å². The Balaban J connectivity index is 3.07. The van der Waals surface area contributed by atoms with Gasteiger partial charge in [0.15, 0.2) is 0 Å². The first kappa shape index (κ1) is 18.6. The molecule has 2 nitrogen and oxygen atoms in total. The van der Waals surface area contributed by atoms with E-state index in [2.05, 4.69) is 6.92 Å². The van der Waals surface area contributed by atoms with Crippen LogP contribution in [0.1, 0.15) is 96.8 Å². The quantitative estimate of drug-likeness (QED) is 0.425. The Bertz CT molecular complexity index is 192. The summed E-state index contributed by atoms with van der Waals surface area (Å²) in [6.07, 6.45) is 16.8. The van der Waals surface area contributed by atoms with Gasteiger partial charge >= 0.3 is 0 Å². The molecular formula is C17H35NO. The summed E-state index contributed by atoms with van der Waals surface area (Å²) in [5, 5.41) is 0. The minimum atomic E-state index is 0.438. The van der Waals surface area contributed by atoms with E-state index in [1.165, 1.54) is 57.8 Å². The molecule has 0 radical (unpaired) electrons. The number of unbranched alkanes of at least 4 members (excludes halogenated alkanes) is 10. The van der Waals surface area contributed by atoms with Crippen LogP contribution in [0.4, 0.5) is 0 Å². The van der Waals surface area contributed by atoms with Gasteiger partial charge in [-0.2, -0.15) is 0 Å². The Morgan fingerprint density at radius 2 is 1.11 bits per heavy atom. The smallest absolute Gasteiger partial charge is 0.132 e. The third kappa shape index (κ3) is 15.6. The summed E-state index contributed by atoms with van der Waals surface area (Å²) in [5.41, 5.74) is 5.41. The molecule has 0 spiro atoms. The molecule has 0 aliphatic rings. The van der Waals surface area contributed by atoms with Gasteiger partial charge in [-0.05, 0) is 25.8 Å². The van der Waals surface area contributed by atoms with Crippen molar-refractivity contribution in [3.05, 3.63) is 0 Å². The summed E-state index contributed by atoms with van der Waals surface area (Å²) in [4.78, 5) is 11.5. The van der Waals surface area contributed by atoms with Gasteiger partial charge in [0.1, 0.15) is 5.78 Å². The topological polar surface area (TPSA) is 43.1 Å². The van der Waals surface area contributed by atoms with Crippen molar-refractivity contribution < 1.29 is 4.79 Å². The largest absolute Gasteiger partial charge is 0.330 e. The Labute approximate surface area is 120 Å². The van der Waals surface area contributed by atoms with Gasteiger partial charge in [0.25, 0.3) is 0 Å². The fourth-order valence-electron chi connectivity index (χ4n) is 2.40. The lowest BCUT2D eigenvalue weighted by molar-refractivity contribution is -0.119. The molecule has 0 aromatic rings. The number of hydrogen-bond donors (Lipinski definition) is 1. The third-order valence-electron chi connectivity index (χ3n) is 3.72. The van der Waals surface area contributed by atoms with Crippen molar-refractivity contribution in [3.8, 4) is 0 Å². The van der Waals surface area contributed by atoms with Crippen LogP contribution in [-0.2, 0) is 4.79 Å². The third-order valence-corrected chi connectivity index (χ3v) is 3.72. The van der Waals surface area contributed by atoms with Gasteiger partial charge in [0.05, 0.1) is 0 Å². The van der Waals surface area contributed by atoms with Gasteiger partial charge in [0.2, 0.25) is 0 Å². The Kier molecular flexibility index (Phi) is 15.4. The zero-order valence-corrected chi connectivity index (χ0v) is 13.1. The van der Waals surface area contributed by atoms with Crippen molar-refractivity contribution in [2.45, 2.75) is 96.8 Å². The second-order valence-corrected chi connectivity index (χ2v) is 5.72. The number of nitrogens with two attached hydrogens (primary N) is 1. The van der Waals surface area contributed by atoms with Gasteiger partial charge in [-0.25, -0.2) is 0 Å². The van der Waals surface area contributed by atoms with Crippen LogP contribution in [0, 0.1) is 0 Å². The summed E-state index contributed by atoms with van der Waals surface area (Å²) in [5.74, 6) is 0.438. The van der Waals surface area contributed by atoms with Crippen LogP contribution < -0.4 is 5.73 Å². The first-order valence-corrected chi connectivity index (χ1v) is 8.53. The first-order chi connectivity index (χ1) is 9.31. The molecule has 0 fully saturated rings. The molecule has 0 aliphatic carbocycles. The maximum absolute atomic E-state index is 11.5. The van der Waals surface area contributed by atoms with Crippen LogP contribution in [0.3, 0.4) is 0 Å². The van der Waals surface area contributed by atoms with Gasteiger partial charge < -0.3 is 5.73 Å². The molecule has 0 amide bonds. The molecular weight excluding hydrogens is 234 g/mol. The summed E-state index contributed by atoms with van der Waals surface area (Å²) >= 11 is 0. The number of carbonyl (C=O) groups is 1. The summed E-state index contributed by atoms with van der Waals surface area (Å²) in [7, 11) is 0. The summed E-state index contributed by atoms with van der Waals surface area (Å²) in [6, 6.07) is 0. The van der Waals surface area contributed by atoms with Crippen LogP contribution >= 0.6 is 0 Å². The van der Waals surface area contributed by atoms with Gasteiger partial charge in [-0.3, -0.25) is 4.79 Å². The maximum Gasteiger partial charge on any atom is 0.132 e. The van der Waals surface area contributed by atoms with Crippen molar-refractivity contribution in [2.75, 3.05) is 6.54 Å². The van der Waals surface area contributed by atoms with Crippen molar-refractivity contribution in [1.29, 1.82) is 0 Å². The first-order valence-electron chi connectivity index (χ1n) is 8.53. The molecule has 2 N–H and O–H groups in total. The normalized spacial score (nSPS) is 10.8. The van der Waals surface area contributed by atoms with E-state index in [0.29, 0.717) is 12.3 Å². The van der Waals surface area contributed by atoms with E-state index in [9.17, 15) is 4.79 Å². The van der Waals surface area contributed by atoms with Crippen molar-refractivity contribution >= 4 is 5.78 Å². The van der Waals surface area contributed by atoms with E-state index in [-0.39, 0.29) is 0 Å². The molecule has 0 rings (SSSR count). The number of Topliss-reactive ketones (excluding diaryl/α,β-unsaturated/α-hetero) is 1. The summed E-state index contributed by atoms with van der Waals surface area (Å²) in [6.45, 7) is 2.98. The molecule has 0 aromatic heterocycles. The van der Waals surface area contributed by atoms with E-state index < -0.39 is 0 Å². The highest BCUT2D eigenvalue weighted by atomic mass is 16.1. The van der Waals surface area contributed by atoms with Gasteiger partial charge in [0, 0.05) is 12.8 Å². The molecule has 0 saturated carbocycles. The van der Waals surface area contributed by atoms with Crippen LogP contribution in [0.5, 0.6) is 0 Å². The monoisotopic (exact) mass is 269 g/mol. The molecule has 0 aromatic carbocycles. The summed E-state index contributed by atoms with van der Waals surface area (Å²) < 4.78 is 0. The zero-order valence-electron chi connectivity index (χ0n) is 13.1. The Morgan fingerprint density at radius 1 is 0.684 bits per heavy atom. The molecule has 0 heterocycles. The fourth-order valence-corrected chi connectivity index (χ4v) is 2.40. The minimum Gasteiger partial charge on any atom is -0.330 e. The highest BCUT2D eigenvalue weighted by Gasteiger charge is 2.01. The highest BCUT2D eigenvalue weighted by Crippen LogP contribution is 2.12. The molecule has 19 heavy (non-hydrogen) atoms. The van der Waals surface area contributed by atoms with Crippen molar-refractivity contribution in [2.24, 2.45) is 5.73 Å². The van der Waals surface area contributed by atoms with Crippen LogP contribution in [-0.4, -0.2) is 12.3 Å². The molecule has 0 unspecified atom stereocenters. The number of hydrogen-bond acceptors (Lipinski definition) is 2. The zero-order chi connectivity index (χ0) is 14.2. The number of ketones is 1. The molecule has 0 saturated heterocycles. The SMILES string of the molecule is CCCCCCCCCCCCC(=O)CCCCN. The molecule has 0 atom stereocenters. The molecule has 2 heteroatoms. The second-order valence-electron chi connectivity index (χ2n) is 5.72. The highest BCUT2D eigenvalue weighted by molar-refractivity contribution is 5.78. The predicted octanol–water partition coefficient (Wildman–Crippen LogP) is 5.00. The van der Waals surface area contributed by atoms with Crippen molar-refractivity contribution in [1.82, 2.24) is 0 Å².